The Hall–Kier alpha value is -1.53. The molecule has 0 N–H and O–H groups in total. The second-order valence-corrected chi connectivity index (χ2v) is 3.75. The number of benzene rings is 1. The number of nitrogens with zero attached hydrogens (tertiary/aromatic N) is 2. The lowest BCUT2D eigenvalue weighted by Crippen LogP contribution is -2.30. The van der Waals surface area contributed by atoms with Gasteiger partial charge in [-0.1, -0.05) is 6.07 Å². The standard InChI is InChI=1S/C12H14N2O/c1-15-12-3-2-10-4-6-14(7-5-13)9-11(10)8-12/h2-3,8H,4,6-7,9H2,1H3. The minimum atomic E-state index is 0.511. The molecule has 1 aliphatic rings. The van der Waals surface area contributed by atoms with Crippen molar-refractivity contribution < 1.29 is 4.74 Å². The summed E-state index contributed by atoms with van der Waals surface area (Å²) in [7, 11) is 1.68. The summed E-state index contributed by atoms with van der Waals surface area (Å²) in [5.74, 6) is 0.896. The van der Waals surface area contributed by atoms with Crippen molar-refractivity contribution in [1.29, 1.82) is 5.26 Å². The first-order valence-electron chi connectivity index (χ1n) is 5.08. The number of nitriles is 1. The molecule has 0 aliphatic carbocycles. The summed E-state index contributed by atoms with van der Waals surface area (Å²) in [5, 5.41) is 8.65. The molecule has 3 nitrogen and oxygen atoms in total. The quantitative estimate of drug-likeness (QED) is 0.683. The number of ether oxygens (including phenoxy) is 1. The van der Waals surface area contributed by atoms with Gasteiger partial charge in [-0.2, -0.15) is 5.26 Å². The third-order valence-electron chi connectivity index (χ3n) is 2.80. The van der Waals surface area contributed by atoms with Crippen LogP contribution in [-0.4, -0.2) is 25.1 Å². The zero-order chi connectivity index (χ0) is 10.7. The molecule has 0 unspecified atom stereocenters. The second-order valence-electron chi connectivity index (χ2n) is 3.75. The van der Waals surface area contributed by atoms with Crippen LogP contribution >= 0.6 is 0 Å². The highest BCUT2D eigenvalue weighted by molar-refractivity contribution is 5.37. The van der Waals surface area contributed by atoms with E-state index >= 15 is 0 Å². The molecule has 15 heavy (non-hydrogen) atoms. The molecule has 0 aromatic heterocycles. The van der Waals surface area contributed by atoms with Gasteiger partial charge >= 0.3 is 0 Å². The number of fused-ring (bicyclic) bond motifs is 1. The third kappa shape index (κ3) is 2.11. The minimum Gasteiger partial charge on any atom is -0.497 e. The van der Waals surface area contributed by atoms with Crippen molar-refractivity contribution in [2.24, 2.45) is 0 Å². The Bertz CT molecular complexity index is 395. The fourth-order valence-corrected chi connectivity index (χ4v) is 1.95. The topological polar surface area (TPSA) is 36.3 Å². The molecule has 1 aliphatic heterocycles. The van der Waals surface area contributed by atoms with Gasteiger partial charge in [-0.3, -0.25) is 4.90 Å². The van der Waals surface area contributed by atoms with E-state index < -0.39 is 0 Å². The van der Waals surface area contributed by atoms with Gasteiger partial charge in [0, 0.05) is 13.1 Å². The molecule has 2 rings (SSSR count). The van der Waals surface area contributed by atoms with Crippen molar-refractivity contribution in [3.63, 3.8) is 0 Å². The summed E-state index contributed by atoms with van der Waals surface area (Å²) < 4.78 is 5.19. The lowest BCUT2D eigenvalue weighted by molar-refractivity contribution is 0.284. The summed E-state index contributed by atoms with van der Waals surface area (Å²) in [6.07, 6.45) is 1.03. The maximum atomic E-state index is 8.65. The van der Waals surface area contributed by atoms with E-state index in [9.17, 15) is 0 Å². The fourth-order valence-electron chi connectivity index (χ4n) is 1.95. The molecule has 0 bridgehead atoms. The average molecular weight is 202 g/mol. The number of hydrogen-bond donors (Lipinski definition) is 0. The molecule has 0 radical (unpaired) electrons. The van der Waals surface area contributed by atoms with E-state index in [1.54, 1.807) is 7.11 Å². The molecule has 3 heteroatoms. The van der Waals surface area contributed by atoms with Crippen molar-refractivity contribution >= 4 is 0 Å². The van der Waals surface area contributed by atoms with Gasteiger partial charge in [0.2, 0.25) is 0 Å². The van der Waals surface area contributed by atoms with Gasteiger partial charge in [-0.15, -0.1) is 0 Å². The van der Waals surface area contributed by atoms with Crippen LogP contribution in [-0.2, 0) is 13.0 Å². The van der Waals surface area contributed by atoms with Crippen LogP contribution in [0.1, 0.15) is 11.1 Å². The molecular formula is C12H14N2O. The van der Waals surface area contributed by atoms with Crippen LogP contribution in [0.3, 0.4) is 0 Å². The van der Waals surface area contributed by atoms with Crippen LogP contribution in [0.5, 0.6) is 5.75 Å². The first kappa shape index (κ1) is 10.0. The molecule has 0 amide bonds. The van der Waals surface area contributed by atoms with Gasteiger partial charge in [-0.25, -0.2) is 0 Å². The van der Waals surface area contributed by atoms with E-state index in [1.807, 2.05) is 6.07 Å². The van der Waals surface area contributed by atoms with Crippen molar-refractivity contribution in [3.8, 4) is 11.8 Å². The van der Waals surface area contributed by atoms with E-state index in [1.165, 1.54) is 11.1 Å². The summed E-state index contributed by atoms with van der Waals surface area (Å²) >= 11 is 0. The molecule has 78 valence electrons. The Balaban J connectivity index is 2.20. The van der Waals surface area contributed by atoms with Crippen molar-refractivity contribution in [2.75, 3.05) is 20.2 Å². The number of methoxy groups -OCH3 is 1. The van der Waals surface area contributed by atoms with Crippen LogP contribution in [0, 0.1) is 11.3 Å². The predicted molar refractivity (Wildman–Crippen MR) is 57.6 cm³/mol. The number of rotatable bonds is 2. The zero-order valence-corrected chi connectivity index (χ0v) is 8.86. The highest BCUT2D eigenvalue weighted by Gasteiger charge is 2.15. The van der Waals surface area contributed by atoms with Gasteiger partial charge in [0.05, 0.1) is 19.7 Å². The van der Waals surface area contributed by atoms with E-state index in [0.717, 1.165) is 25.3 Å². The Morgan fingerprint density at radius 1 is 1.47 bits per heavy atom. The Labute approximate surface area is 89.9 Å². The van der Waals surface area contributed by atoms with E-state index in [0.29, 0.717) is 6.54 Å². The van der Waals surface area contributed by atoms with Gasteiger partial charge in [-0.05, 0) is 29.7 Å². The molecule has 0 atom stereocenters. The smallest absolute Gasteiger partial charge is 0.119 e. The Kier molecular flexibility index (Phi) is 2.89. The summed E-state index contributed by atoms with van der Waals surface area (Å²) in [6, 6.07) is 8.38. The van der Waals surface area contributed by atoms with Gasteiger partial charge in [0.1, 0.15) is 5.75 Å². The van der Waals surface area contributed by atoms with Crippen LogP contribution in [0.25, 0.3) is 0 Å². The molecule has 1 aromatic rings. The molecule has 0 fully saturated rings. The minimum absolute atomic E-state index is 0.511. The van der Waals surface area contributed by atoms with Crippen molar-refractivity contribution in [3.05, 3.63) is 29.3 Å². The highest BCUT2D eigenvalue weighted by atomic mass is 16.5. The highest BCUT2D eigenvalue weighted by Crippen LogP contribution is 2.23. The van der Waals surface area contributed by atoms with Gasteiger partial charge in [0.25, 0.3) is 0 Å². The van der Waals surface area contributed by atoms with Crippen LogP contribution in [0.2, 0.25) is 0 Å². The van der Waals surface area contributed by atoms with E-state index in [2.05, 4.69) is 23.1 Å². The lowest BCUT2D eigenvalue weighted by Gasteiger charge is -2.26. The molecule has 0 saturated heterocycles. The van der Waals surface area contributed by atoms with E-state index in [4.69, 9.17) is 10.00 Å². The predicted octanol–water partition coefficient (Wildman–Crippen LogP) is 1.58. The first-order chi connectivity index (χ1) is 7.33. The Morgan fingerprint density at radius 2 is 2.33 bits per heavy atom. The van der Waals surface area contributed by atoms with Crippen molar-refractivity contribution in [2.45, 2.75) is 13.0 Å². The van der Waals surface area contributed by atoms with Gasteiger partial charge in [0.15, 0.2) is 0 Å². The second kappa shape index (κ2) is 4.33. The average Bonchev–Trinajstić information content (AvgIpc) is 2.28. The largest absolute Gasteiger partial charge is 0.497 e. The van der Waals surface area contributed by atoms with Crippen molar-refractivity contribution in [1.82, 2.24) is 4.90 Å². The maximum Gasteiger partial charge on any atom is 0.119 e. The first-order valence-corrected chi connectivity index (χ1v) is 5.08. The summed E-state index contributed by atoms with van der Waals surface area (Å²) in [5.41, 5.74) is 2.67. The molecule has 1 aromatic carbocycles. The SMILES string of the molecule is COc1ccc2c(c1)CN(CC#N)CC2. The molecule has 1 heterocycles. The fraction of sp³-hybridized carbons (Fsp3) is 0.417. The lowest BCUT2D eigenvalue weighted by atomic mass is 9.99. The number of hydrogen-bond acceptors (Lipinski definition) is 3. The zero-order valence-electron chi connectivity index (χ0n) is 8.86. The Morgan fingerprint density at radius 3 is 3.07 bits per heavy atom. The molecular weight excluding hydrogens is 188 g/mol. The summed E-state index contributed by atoms with van der Waals surface area (Å²) in [4.78, 5) is 2.15. The van der Waals surface area contributed by atoms with Gasteiger partial charge < -0.3 is 4.74 Å². The maximum absolute atomic E-state index is 8.65. The third-order valence-corrected chi connectivity index (χ3v) is 2.80. The molecule has 0 spiro atoms. The summed E-state index contributed by atoms with van der Waals surface area (Å²) in [6.45, 7) is 2.35. The molecule has 0 saturated carbocycles. The van der Waals surface area contributed by atoms with Crippen LogP contribution < -0.4 is 4.74 Å². The van der Waals surface area contributed by atoms with Crippen LogP contribution in [0.15, 0.2) is 18.2 Å². The monoisotopic (exact) mass is 202 g/mol. The van der Waals surface area contributed by atoms with E-state index in [-0.39, 0.29) is 0 Å². The normalized spacial score (nSPS) is 15.5. The van der Waals surface area contributed by atoms with Crippen LogP contribution in [0.4, 0.5) is 0 Å².